The second-order valence-electron chi connectivity index (χ2n) is 6.53. The number of halogens is 6. The maximum atomic E-state index is 13.7. The van der Waals surface area contributed by atoms with Crippen molar-refractivity contribution in [1.29, 1.82) is 0 Å². The van der Waals surface area contributed by atoms with E-state index >= 15 is 0 Å². The number of carbonyl (C=O) groups is 1. The summed E-state index contributed by atoms with van der Waals surface area (Å²) < 4.78 is 65.9. The zero-order chi connectivity index (χ0) is 22.2. The lowest BCUT2D eigenvalue weighted by atomic mass is 9.98. The number of carbonyl (C=O) groups excluding carboxylic acids is 1. The molecule has 2 aromatic rings. The van der Waals surface area contributed by atoms with E-state index in [1.165, 1.54) is 24.3 Å². The summed E-state index contributed by atoms with van der Waals surface area (Å²) in [5.41, 5.74) is -0.674. The van der Waals surface area contributed by atoms with E-state index in [1.807, 2.05) is 0 Å². The summed E-state index contributed by atoms with van der Waals surface area (Å²) >= 11 is 6.14. The van der Waals surface area contributed by atoms with E-state index in [4.69, 9.17) is 11.6 Å². The van der Waals surface area contributed by atoms with E-state index in [-0.39, 0.29) is 10.7 Å². The van der Waals surface area contributed by atoms with E-state index in [0.717, 1.165) is 0 Å². The zero-order valence-corrected chi connectivity index (χ0v) is 16.0. The summed E-state index contributed by atoms with van der Waals surface area (Å²) in [7, 11) is 0. The molecule has 2 aromatic carbocycles. The summed E-state index contributed by atoms with van der Waals surface area (Å²) in [5.74, 6) is -2.74. The van der Waals surface area contributed by atoms with Crippen LogP contribution in [0.4, 0.5) is 22.0 Å². The quantitative estimate of drug-likeness (QED) is 0.602. The van der Waals surface area contributed by atoms with Crippen molar-refractivity contribution in [3.05, 3.63) is 106 Å². The third-order valence-corrected chi connectivity index (χ3v) is 4.68. The Morgan fingerprint density at radius 1 is 1.10 bits per heavy atom. The second kappa shape index (κ2) is 7.95. The molecule has 1 heterocycles. The Labute approximate surface area is 173 Å². The van der Waals surface area contributed by atoms with E-state index in [2.05, 4.69) is 23.8 Å². The first-order valence-corrected chi connectivity index (χ1v) is 8.84. The fourth-order valence-electron chi connectivity index (χ4n) is 2.98. The first-order chi connectivity index (χ1) is 14.0. The maximum Gasteiger partial charge on any atom is 0.416 e. The van der Waals surface area contributed by atoms with Gasteiger partial charge in [0.2, 0.25) is 0 Å². The van der Waals surface area contributed by atoms with Crippen molar-refractivity contribution in [2.75, 3.05) is 0 Å². The second-order valence-corrected chi connectivity index (χ2v) is 6.93. The number of hydrogen-bond donors (Lipinski definition) is 2. The largest absolute Gasteiger partial charge is 0.416 e. The highest BCUT2D eigenvalue weighted by molar-refractivity contribution is 6.31. The Morgan fingerprint density at radius 3 is 2.47 bits per heavy atom. The molecule has 9 heteroatoms. The molecular weight excluding hydrogens is 427 g/mol. The number of rotatable bonds is 4. The Hall–Kier alpha value is -3.13. The van der Waals surface area contributed by atoms with Crippen LogP contribution in [0.3, 0.4) is 0 Å². The molecule has 0 saturated carbocycles. The predicted octanol–water partition coefficient (Wildman–Crippen LogP) is 5.67. The molecule has 3 nitrogen and oxygen atoms in total. The van der Waals surface area contributed by atoms with Crippen LogP contribution < -0.4 is 10.6 Å². The van der Waals surface area contributed by atoms with Gasteiger partial charge in [-0.1, -0.05) is 24.8 Å². The Bertz CT molecular complexity index is 1090. The smallest absolute Gasteiger partial charge is 0.374 e. The number of amides is 1. The fourth-order valence-corrected chi connectivity index (χ4v) is 3.21. The van der Waals surface area contributed by atoms with Gasteiger partial charge in [0.05, 0.1) is 11.6 Å². The van der Waals surface area contributed by atoms with E-state index in [9.17, 15) is 26.7 Å². The first kappa shape index (κ1) is 21.6. The van der Waals surface area contributed by atoms with Crippen molar-refractivity contribution in [3.8, 4) is 0 Å². The van der Waals surface area contributed by atoms with Crippen LogP contribution in [0.5, 0.6) is 0 Å². The minimum atomic E-state index is -4.82. The van der Waals surface area contributed by atoms with Gasteiger partial charge in [-0.25, -0.2) is 8.78 Å². The van der Waals surface area contributed by atoms with E-state index in [0.29, 0.717) is 35.0 Å². The summed E-state index contributed by atoms with van der Waals surface area (Å²) in [5, 5.41) is 5.55. The van der Waals surface area contributed by atoms with Crippen LogP contribution in [0, 0.1) is 11.6 Å². The number of allylic oxidation sites excluding steroid dienone is 1. The Morgan fingerprint density at radius 2 is 1.80 bits per heavy atom. The summed E-state index contributed by atoms with van der Waals surface area (Å²) in [6.45, 7) is 7.47. The first-order valence-electron chi connectivity index (χ1n) is 8.46. The minimum absolute atomic E-state index is 0.00861. The van der Waals surface area contributed by atoms with Gasteiger partial charge in [-0.2, -0.15) is 13.2 Å². The highest BCUT2D eigenvalue weighted by Gasteiger charge is 2.32. The predicted molar refractivity (Wildman–Crippen MR) is 103 cm³/mol. The van der Waals surface area contributed by atoms with Gasteiger partial charge >= 0.3 is 6.18 Å². The number of nitrogens with one attached hydrogen (secondary N) is 2. The van der Waals surface area contributed by atoms with Gasteiger partial charge in [0.1, 0.15) is 11.6 Å². The minimum Gasteiger partial charge on any atom is -0.374 e. The Balaban J connectivity index is 1.87. The van der Waals surface area contributed by atoms with Gasteiger partial charge < -0.3 is 10.6 Å². The number of hydrogen-bond acceptors (Lipinski definition) is 2. The van der Waals surface area contributed by atoms with Gasteiger partial charge in [-0.05, 0) is 42.5 Å². The van der Waals surface area contributed by atoms with Crippen LogP contribution in [0.2, 0.25) is 5.02 Å². The molecule has 1 aliphatic rings. The molecule has 0 aromatic heterocycles. The molecule has 0 spiro atoms. The lowest BCUT2D eigenvalue weighted by molar-refractivity contribution is -0.137. The lowest BCUT2D eigenvalue weighted by Crippen LogP contribution is -2.26. The summed E-state index contributed by atoms with van der Waals surface area (Å²) in [6, 6.07) is 4.54. The van der Waals surface area contributed by atoms with Gasteiger partial charge in [-0.3, -0.25) is 4.79 Å². The Kier molecular flexibility index (Phi) is 5.72. The summed E-state index contributed by atoms with van der Waals surface area (Å²) in [4.78, 5) is 12.4. The highest BCUT2D eigenvalue weighted by atomic mass is 35.5. The number of alkyl halides is 3. The van der Waals surface area contributed by atoms with Crippen molar-refractivity contribution in [2.24, 2.45) is 0 Å². The van der Waals surface area contributed by atoms with Gasteiger partial charge in [0, 0.05) is 33.1 Å². The van der Waals surface area contributed by atoms with Gasteiger partial charge in [0.25, 0.3) is 5.91 Å². The van der Waals surface area contributed by atoms with Crippen LogP contribution in [0.15, 0.2) is 72.6 Å². The third kappa shape index (κ3) is 4.54. The molecule has 0 aliphatic carbocycles. The molecule has 30 heavy (non-hydrogen) atoms. The molecule has 1 aliphatic heterocycles. The van der Waals surface area contributed by atoms with Crippen LogP contribution in [-0.4, -0.2) is 5.91 Å². The van der Waals surface area contributed by atoms with Crippen molar-refractivity contribution in [3.63, 3.8) is 0 Å². The van der Waals surface area contributed by atoms with Crippen molar-refractivity contribution >= 4 is 17.5 Å². The van der Waals surface area contributed by atoms with Gasteiger partial charge in [-0.15, -0.1) is 0 Å². The molecule has 0 bridgehead atoms. The van der Waals surface area contributed by atoms with Crippen LogP contribution in [0.1, 0.15) is 27.5 Å². The number of benzene rings is 2. The van der Waals surface area contributed by atoms with Gasteiger partial charge in [0.15, 0.2) is 0 Å². The van der Waals surface area contributed by atoms with Crippen LogP contribution >= 0.6 is 11.6 Å². The van der Waals surface area contributed by atoms with E-state index < -0.39 is 40.9 Å². The maximum absolute atomic E-state index is 13.7. The molecular formula is C21H14ClF5N2O. The average Bonchev–Trinajstić information content (AvgIpc) is 3.04. The van der Waals surface area contributed by atoms with Crippen molar-refractivity contribution in [2.45, 2.75) is 12.2 Å². The SMILES string of the molecule is C=C1C=C(C(=C)NC(=O)c2cc(F)cc(C(F)(F)F)c2)C(c2cc(F)ccc2Cl)N1. The zero-order valence-electron chi connectivity index (χ0n) is 15.2. The molecule has 1 unspecified atom stereocenters. The van der Waals surface area contributed by atoms with Crippen LogP contribution in [-0.2, 0) is 6.18 Å². The summed E-state index contributed by atoms with van der Waals surface area (Å²) in [6.07, 6.45) is -3.29. The lowest BCUT2D eigenvalue weighted by Gasteiger charge is -2.20. The molecule has 1 amide bonds. The monoisotopic (exact) mass is 440 g/mol. The molecule has 0 radical (unpaired) electrons. The molecule has 2 N–H and O–H groups in total. The normalized spacial score (nSPS) is 16.1. The average molecular weight is 441 g/mol. The van der Waals surface area contributed by atoms with E-state index in [1.54, 1.807) is 0 Å². The molecule has 0 fully saturated rings. The van der Waals surface area contributed by atoms with Crippen molar-refractivity contribution in [1.82, 2.24) is 10.6 Å². The molecule has 3 rings (SSSR count). The molecule has 156 valence electrons. The fraction of sp³-hybridized carbons (Fsp3) is 0.0952. The molecule has 0 saturated heterocycles. The van der Waals surface area contributed by atoms with Crippen molar-refractivity contribution < 1.29 is 26.7 Å². The van der Waals surface area contributed by atoms with Crippen LogP contribution in [0.25, 0.3) is 0 Å². The third-order valence-electron chi connectivity index (χ3n) is 4.34. The highest BCUT2D eigenvalue weighted by Crippen LogP contribution is 2.36. The topological polar surface area (TPSA) is 41.1 Å². The molecule has 1 atom stereocenters. The standard InChI is InChI=1S/C21H14ClF5N2O/c1-10-5-16(19(28-10)17-9-14(23)3-4-18(17)22)11(2)29-20(30)12-6-13(21(25,26)27)8-15(24)7-12/h3-9,19,28H,1-2H2,(H,29,30).